The fourth-order valence-corrected chi connectivity index (χ4v) is 2.96. The first-order chi connectivity index (χ1) is 7.42. The highest BCUT2D eigenvalue weighted by molar-refractivity contribution is 7.08. The average Bonchev–Trinajstić information content (AvgIpc) is 2.78. The number of nitrogens with zero attached hydrogens (tertiary/aromatic N) is 1. The highest BCUT2D eigenvalue weighted by Gasteiger charge is 2.26. The van der Waals surface area contributed by atoms with Gasteiger partial charge in [-0.05, 0) is 43.2 Å². The third kappa shape index (κ3) is 2.34. The van der Waals surface area contributed by atoms with Gasteiger partial charge in [-0.3, -0.25) is 0 Å². The predicted molar refractivity (Wildman–Crippen MR) is 65.7 cm³/mol. The molecule has 2 aliphatic rings. The van der Waals surface area contributed by atoms with Crippen molar-refractivity contribution in [2.45, 2.75) is 25.3 Å². The standard InChI is InChI=1S/C12H18N2S/c1-2-11(1)13-7-10-3-5-14(8-10)12-4-6-15-9-12/h4,6,9-11,13H,1-3,5,7-8H2. The molecule has 2 nitrogen and oxygen atoms in total. The monoisotopic (exact) mass is 222 g/mol. The predicted octanol–water partition coefficient (Wildman–Crippen LogP) is 2.33. The molecule has 1 atom stereocenters. The van der Waals surface area contributed by atoms with Crippen molar-refractivity contribution in [1.82, 2.24) is 5.32 Å². The van der Waals surface area contributed by atoms with Crippen LogP contribution in [0.3, 0.4) is 0 Å². The van der Waals surface area contributed by atoms with Crippen LogP contribution in [0.1, 0.15) is 19.3 Å². The summed E-state index contributed by atoms with van der Waals surface area (Å²) >= 11 is 1.80. The van der Waals surface area contributed by atoms with Gasteiger partial charge in [0.1, 0.15) is 0 Å². The summed E-state index contributed by atoms with van der Waals surface area (Å²) in [6.45, 7) is 3.72. The Morgan fingerprint density at radius 1 is 1.40 bits per heavy atom. The van der Waals surface area contributed by atoms with Gasteiger partial charge >= 0.3 is 0 Å². The van der Waals surface area contributed by atoms with Gasteiger partial charge in [-0.1, -0.05) is 0 Å². The topological polar surface area (TPSA) is 15.3 Å². The SMILES string of the molecule is c1cc(N2CCC(CNC3CC3)C2)cs1. The summed E-state index contributed by atoms with van der Waals surface area (Å²) in [5.41, 5.74) is 1.42. The third-order valence-corrected chi connectivity index (χ3v) is 4.10. The van der Waals surface area contributed by atoms with Crippen molar-refractivity contribution in [2.24, 2.45) is 5.92 Å². The zero-order chi connectivity index (χ0) is 10.1. The van der Waals surface area contributed by atoms with E-state index in [-0.39, 0.29) is 0 Å². The van der Waals surface area contributed by atoms with Crippen molar-refractivity contribution < 1.29 is 0 Å². The molecule has 1 saturated heterocycles. The maximum Gasteiger partial charge on any atom is 0.0474 e. The third-order valence-electron chi connectivity index (χ3n) is 3.43. The molecule has 1 unspecified atom stereocenters. The van der Waals surface area contributed by atoms with E-state index in [1.54, 1.807) is 11.3 Å². The van der Waals surface area contributed by atoms with Crippen molar-refractivity contribution in [1.29, 1.82) is 0 Å². The van der Waals surface area contributed by atoms with Gasteiger partial charge in [-0.15, -0.1) is 0 Å². The lowest BCUT2D eigenvalue weighted by atomic mass is 10.1. The van der Waals surface area contributed by atoms with Gasteiger partial charge in [-0.25, -0.2) is 0 Å². The average molecular weight is 222 g/mol. The molecule has 3 heteroatoms. The van der Waals surface area contributed by atoms with E-state index in [1.807, 2.05) is 0 Å². The normalized spacial score (nSPS) is 26.1. The lowest BCUT2D eigenvalue weighted by molar-refractivity contribution is 0.515. The van der Waals surface area contributed by atoms with E-state index in [9.17, 15) is 0 Å². The first-order valence-electron chi connectivity index (χ1n) is 5.92. The summed E-state index contributed by atoms with van der Waals surface area (Å²) in [4.78, 5) is 2.52. The number of thiophene rings is 1. The number of hydrogen-bond donors (Lipinski definition) is 1. The van der Waals surface area contributed by atoms with E-state index in [1.165, 1.54) is 44.6 Å². The quantitative estimate of drug-likeness (QED) is 0.841. The summed E-state index contributed by atoms with van der Waals surface area (Å²) in [6, 6.07) is 3.10. The molecule has 0 aromatic carbocycles. The molecule has 0 spiro atoms. The van der Waals surface area contributed by atoms with Crippen LogP contribution >= 0.6 is 11.3 Å². The molecule has 82 valence electrons. The molecule has 1 saturated carbocycles. The van der Waals surface area contributed by atoms with Crippen molar-refractivity contribution in [3.05, 3.63) is 16.8 Å². The number of hydrogen-bond acceptors (Lipinski definition) is 3. The molecule has 0 bridgehead atoms. The van der Waals surface area contributed by atoms with E-state index in [0.29, 0.717) is 0 Å². The zero-order valence-corrected chi connectivity index (χ0v) is 9.80. The van der Waals surface area contributed by atoms with Crippen molar-refractivity contribution in [2.75, 3.05) is 24.5 Å². The van der Waals surface area contributed by atoms with Crippen molar-refractivity contribution in [3.63, 3.8) is 0 Å². The van der Waals surface area contributed by atoms with Crippen LogP contribution < -0.4 is 10.2 Å². The maximum atomic E-state index is 3.64. The second kappa shape index (κ2) is 4.14. The molecule has 2 fully saturated rings. The summed E-state index contributed by atoms with van der Waals surface area (Å²) in [7, 11) is 0. The van der Waals surface area contributed by atoms with Crippen LogP contribution in [0.25, 0.3) is 0 Å². The Morgan fingerprint density at radius 3 is 3.07 bits per heavy atom. The van der Waals surface area contributed by atoms with Crippen molar-refractivity contribution >= 4 is 17.0 Å². The second-order valence-electron chi connectivity index (χ2n) is 4.76. The Bertz CT molecular complexity index is 305. The van der Waals surface area contributed by atoms with Crippen LogP contribution in [0.15, 0.2) is 16.8 Å². The van der Waals surface area contributed by atoms with Crippen LogP contribution in [0.2, 0.25) is 0 Å². The van der Waals surface area contributed by atoms with E-state index < -0.39 is 0 Å². The minimum Gasteiger partial charge on any atom is -0.371 e. The van der Waals surface area contributed by atoms with Gasteiger partial charge in [0.2, 0.25) is 0 Å². The first kappa shape index (κ1) is 9.67. The van der Waals surface area contributed by atoms with E-state index in [2.05, 4.69) is 27.0 Å². The van der Waals surface area contributed by atoms with E-state index in [4.69, 9.17) is 0 Å². The van der Waals surface area contributed by atoms with Crippen LogP contribution in [0.5, 0.6) is 0 Å². The maximum absolute atomic E-state index is 3.64. The largest absolute Gasteiger partial charge is 0.371 e. The molecule has 2 heterocycles. The fourth-order valence-electron chi connectivity index (χ4n) is 2.29. The first-order valence-corrected chi connectivity index (χ1v) is 6.86. The molecule has 1 aromatic rings. The smallest absolute Gasteiger partial charge is 0.0474 e. The van der Waals surface area contributed by atoms with Crippen molar-refractivity contribution in [3.8, 4) is 0 Å². The number of anilines is 1. The minimum absolute atomic E-state index is 0.861. The molecule has 1 aromatic heterocycles. The molecule has 1 N–H and O–H groups in total. The summed E-state index contributed by atoms with van der Waals surface area (Å²) in [5, 5.41) is 8.07. The highest BCUT2D eigenvalue weighted by atomic mass is 32.1. The molecular weight excluding hydrogens is 204 g/mol. The van der Waals surface area contributed by atoms with E-state index in [0.717, 1.165) is 12.0 Å². The Kier molecular flexibility index (Phi) is 2.67. The minimum atomic E-state index is 0.861. The molecule has 3 rings (SSSR count). The summed E-state index contributed by atoms with van der Waals surface area (Å²) < 4.78 is 0. The second-order valence-corrected chi connectivity index (χ2v) is 5.54. The molecule has 1 aliphatic heterocycles. The molecule has 15 heavy (non-hydrogen) atoms. The Morgan fingerprint density at radius 2 is 2.33 bits per heavy atom. The molecule has 0 radical (unpaired) electrons. The molecular formula is C12H18N2S. The van der Waals surface area contributed by atoms with Crippen LogP contribution in [0, 0.1) is 5.92 Å². The Labute approximate surface area is 95.3 Å². The summed E-state index contributed by atoms with van der Waals surface area (Å²) in [6.07, 6.45) is 4.16. The molecule has 1 aliphatic carbocycles. The number of nitrogens with one attached hydrogen (secondary N) is 1. The Balaban J connectivity index is 1.49. The highest BCUT2D eigenvalue weighted by Crippen LogP contribution is 2.26. The van der Waals surface area contributed by atoms with Gasteiger partial charge in [0.25, 0.3) is 0 Å². The zero-order valence-electron chi connectivity index (χ0n) is 8.98. The molecule has 0 amide bonds. The lowest BCUT2D eigenvalue weighted by Crippen LogP contribution is -2.27. The van der Waals surface area contributed by atoms with Crippen LogP contribution in [-0.2, 0) is 0 Å². The van der Waals surface area contributed by atoms with Gasteiger partial charge in [0, 0.05) is 30.2 Å². The summed E-state index contributed by atoms with van der Waals surface area (Å²) in [5.74, 6) is 0.866. The van der Waals surface area contributed by atoms with Gasteiger partial charge < -0.3 is 10.2 Å². The fraction of sp³-hybridized carbons (Fsp3) is 0.667. The van der Waals surface area contributed by atoms with Gasteiger partial charge in [0.15, 0.2) is 0 Å². The lowest BCUT2D eigenvalue weighted by Gasteiger charge is -2.16. The van der Waals surface area contributed by atoms with Gasteiger partial charge in [0.05, 0.1) is 0 Å². The van der Waals surface area contributed by atoms with Gasteiger partial charge in [-0.2, -0.15) is 11.3 Å². The number of rotatable bonds is 4. The van der Waals surface area contributed by atoms with Crippen LogP contribution in [0.4, 0.5) is 5.69 Å². The van der Waals surface area contributed by atoms with E-state index >= 15 is 0 Å². The van der Waals surface area contributed by atoms with Crippen LogP contribution in [-0.4, -0.2) is 25.7 Å². The Hall–Kier alpha value is -0.540.